The molecule has 0 aliphatic carbocycles. The lowest BCUT2D eigenvalue weighted by Gasteiger charge is -2.20. The fourth-order valence-electron chi connectivity index (χ4n) is 1.16. The molecule has 0 aromatic carbocycles. The van der Waals surface area contributed by atoms with Gasteiger partial charge in [0.15, 0.2) is 0 Å². The van der Waals surface area contributed by atoms with Gasteiger partial charge in [-0.25, -0.2) is 4.98 Å². The number of methoxy groups -OCH3 is 1. The molecule has 0 saturated carbocycles. The van der Waals surface area contributed by atoms with Gasteiger partial charge < -0.3 is 15.4 Å². The Hall–Kier alpha value is -1.78. The Bertz CT molecular complexity index is 324. The van der Waals surface area contributed by atoms with Gasteiger partial charge in [0.05, 0.1) is 19.0 Å². The first-order valence-electron chi connectivity index (χ1n) is 4.70. The van der Waals surface area contributed by atoms with E-state index in [9.17, 15) is 4.79 Å². The van der Waals surface area contributed by atoms with E-state index in [1.165, 1.54) is 7.11 Å². The average Bonchev–Trinajstić information content (AvgIpc) is 2.27. The van der Waals surface area contributed by atoms with Crippen LogP contribution in [-0.4, -0.2) is 31.2 Å². The second kappa shape index (κ2) is 5.19. The van der Waals surface area contributed by atoms with Gasteiger partial charge in [0, 0.05) is 6.54 Å². The molecule has 1 aromatic rings. The van der Waals surface area contributed by atoms with Crippen LogP contribution in [0.5, 0.6) is 0 Å². The molecule has 0 fully saturated rings. The highest BCUT2D eigenvalue weighted by Gasteiger charge is 2.10. The van der Waals surface area contributed by atoms with Crippen molar-refractivity contribution in [3.8, 4) is 0 Å². The summed E-state index contributed by atoms with van der Waals surface area (Å²) in [5.41, 5.74) is 6.13. The van der Waals surface area contributed by atoms with Crippen LogP contribution in [0.15, 0.2) is 18.3 Å². The first-order valence-corrected chi connectivity index (χ1v) is 4.70. The minimum absolute atomic E-state index is 0.198. The maximum atomic E-state index is 11.1. The van der Waals surface area contributed by atoms with E-state index in [2.05, 4.69) is 9.72 Å². The quantitative estimate of drug-likeness (QED) is 0.738. The standard InChI is InChI=1S/C10H15N3O2/c1-3-13(7-10(14)15-2)9-5-4-8(11)6-12-9/h4-6H,3,7,11H2,1-2H3. The molecule has 15 heavy (non-hydrogen) atoms. The van der Waals surface area contributed by atoms with E-state index in [0.717, 1.165) is 5.82 Å². The molecule has 0 aliphatic rings. The van der Waals surface area contributed by atoms with Gasteiger partial charge in [-0.1, -0.05) is 0 Å². The Balaban J connectivity index is 2.74. The number of nitrogen functional groups attached to an aromatic ring is 1. The van der Waals surface area contributed by atoms with E-state index in [-0.39, 0.29) is 12.5 Å². The lowest BCUT2D eigenvalue weighted by atomic mass is 10.4. The van der Waals surface area contributed by atoms with E-state index in [1.807, 2.05) is 11.8 Å². The number of pyridine rings is 1. The van der Waals surface area contributed by atoms with Gasteiger partial charge >= 0.3 is 5.97 Å². The summed E-state index contributed by atoms with van der Waals surface area (Å²) in [6.07, 6.45) is 1.56. The number of nitrogens with two attached hydrogens (primary N) is 1. The molecule has 0 unspecified atom stereocenters. The zero-order valence-corrected chi connectivity index (χ0v) is 8.93. The van der Waals surface area contributed by atoms with E-state index in [0.29, 0.717) is 12.2 Å². The average molecular weight is 209 g/mol. The zero-order valence-electron chi connectivity index (χ0n) is 8.93. The van der Waals surface area contributed by atoms with Gasteiger partial charge in [-0.15, -0.1) is 0 Å². The molecular weight excluding hydrogens is 194 g/mol. The van der Waals surface area contributed by atoms with E-state index < -0.39 is 0 Å². The van der Waals surface area contributed by atoms with Crippen LogP contribution in [0.2, 0.25) is 0 Å². The van der Waals surface area contributed by atoms with Crippen LogP contribution in [0.3, 0.4) is 0 Å². The lowest BCUT2D eigenvalue weighted by molar-refractivity contribution is -0.138. The third-order valence-electron chi connectivity index (χ3n) is 2.02. The number of hydrogen-bond donors (Lipinski definition) is 1. The van der Waals surface area contributed by atoms with Gasteiger partial charge in [0.25, 0.3) is 0 Å². The summed E-state index contributed by atoms with van der Waals surface area (Å²) in [4.78, 5) is 17.0. The van der Waals surface area contributed by atoms with Crippen molar-refractivity contribution in [2.75, 3.05) is 30.8 Å². The van der Waals surface area contributed by atoms with E-state index in [1.54, 1.807) is 18.3 Å². The zero-order chi connectivity index (χ0) is 11.3. The minimum atomic E-state index is -0.282. The predicted molar refractivity (Wildman–Crippen MR) is 58.6 cm³/mol. The SMILES string of the molecule is CCN(CC(=O)OC)c1ccc(N)cn1. The van der Waals surface area contributed by atoms with Crippen LogP contribution in [0.4, 0.5) is 11.5 Å². The van der Waals surface area contributed by atoms with Crippen LogP contribution < -0.4 is 10.6 Å². The molecule has 0 amide bonds. The number of carbonyl (C=O) groups excluding carboxylic acids is 1. The third kappa shape index (κ3) is 3.12. The van der Waals surface area contributed by atoms with Gasteiger partial charge in [-0.05, 0) is 19.1 Å². The fraction of sp³-hybridized carbons (Fsp3) is 0.400. The lowest BCUT2D eigenvalue weighted by Crippen LogP contribution is -2.30. The summed E-state index contributed by atoms with van der Waals surface area (Å²) in [7, 11) is 1.37. The van der Waals surface area contributed by atoms with Gasteiger partial charge in [0.2, 0.25) is 0 Å². The van der Waals surface area contributed by atoms with Crippen LogP contribution in [0, 0.1) is 0 Å². The number of ether oxygens (including phenoxy) is 1. The molecule has 0 aliphatic heterocycles. The molecule has 0 saturated heterocycles. The molecule has 0 bridgehead atoms. The van der Waals surface area contributed by atoms with Crippen molar-refractivity contribution in [3.05, 3.63) is 18.3 Å². The number of esters is 1. The Morgan fingerprint density at radius 1 is 1.60 bits per heavy atom. The topological polar surface area (TPSA) is 68.5 Å². The molecule has 5 heteroatoms. The van der Waals surface area contributed by atoms with Crippen molar-refractivity contribution in [2.24, 2.45) is 0 Å². The highest BCUT2D eigenvalue weighted by molar-refractivity contribution is 5.75. The number of rotatable bonds is 4. The number of hydrogen-bond acceptors (Lipinski definition) is 5. The third-order valence-corrected chi connectivity index (χ3v) is 2.02. The summed E-state index contributed by atoms with van der Waals surface area (Å²) >= 11 is 0. The molecule has 0 spiro atoms. The fourth-order valence-corrected chi connectivity index (χ4v) is 1.16. The van der Waals surface area contributed by atoms with E-state index >= 15 is 0 Å². The largest absolute Gasteiger partial charge is 0.468 e. The Labute approximate surface area is 88.9 Å². The molecule has 0 atom stereocenters. The van der Waals surface area contributed by atoms with Crippen molar-refractivity contribution in [1.82, 2.24) is 4.98 Å². The number of anilines is 2. The maximum absolute atomic E-state index is 11.1. The highest BCUT2D eigenvalue weighted by Crippen LogP contribution is 2.11. The molecular formula is C10H15N3O2. The van der Waals surface area contributed by atoms with Crippen molar-refractivity contribution in [3.63, 3.8) is 0 Å². The summed E-state index contributed by atoms with van der Waals surface area (Å²) in [5, 5.41) is 0. The summed E-state index contributed by atoms with van der Waals surface area (Å²) < 4.78 is 4.59. The summed E-state index contributed by atoms with van der Waals surface area (Å²) in [5.74, 6) is 0.438. The summed E-state index contributed by atoms with van der Waals surface area (Å²) in [6, 6.07) is 3.53. The van der Waals surface area contributed by atoms with Crippen LogP contribution >= 0.6 is 0 Å². The number of aromatic nitrogens is 1. The molecule has 1 aromatic heterocycles. The van der Waals surface area contributed by atoms with Gasteiger partial charge in [0.1, 0.15) is 12.4 Å². The van der Waals surface area contributed by atoms with Crippen molar-refractivity contribution < 1.29 is 9.53 Å². The Kier molecular flexibility index (Phi) is 3.91. The molecule has 0 radical (unpaired) electrons. The highest BCUT2D eigenvalue weighted by atomic mass is 16.5. The van der Waals surface area contributed by atoms with Crippen LogP contribution in [0.1, 0.15) is 6.92 Å². The van der Waals surface area contributed by atoms with Gasteiger partial charge in [-0.3, -0.25) is 4.79 Å². The number of nitrogens with zero attached hydrogens (tertiary/aromatic N) is 2. The second-order valence-corrected chi connectivity index (χ2v) is 3.04. The first kappa shape index (κ1) is 11.3. The van der Waals surface area contributed by atoms with Crippen molar-refractivity contribution >= 4 is 17.5 Å². The van der Waals surface area contributed by atoms with E-state index in [4.69, 9.17) is 5.73 Å². The number of carbonyl (C=O) groups is 1. The smallest absolute Gasteiger partial charge is 0.325 e. The monoisotopic (exact) mass is 209 g/mol. The number of likely N-dealkylation sites (N-methyl/N-ethyl adjacent to an activating group) is 1. The normalized spacial score (nSPS) is 9.73. The van der Waals surface area contributed by atoms with Crippen LogP contribution in [0.25, 0.3) is 0 Å². The maximum Gasteiger partial charge on any atom is 0.325 e. The second-order valence-electron chi connectivity index (χ2n) is 3.04. The Morgan fingerprint density at radius 2 is 2.33 bits per heavy atom. The van der Waals surface area contributed by atoms with Crippen molar-refractivity contribution in [2.45, 2.75) is 6.92 Å². The molecule has 2 N–H and O–H groups in total. The Morgan fingerprint density at radius 3 is 2.80 bits per heavy atom. The predicted octanol–water partition coefficient (Wildman–Crippen LogP) is 0.663. The molecule has 1 rings (SSSR count). The van der Waals surface area contributed by atoms with Crippen LogP contribution in [-0.2, 0) is 9.53 Å². The van der Waals surface area contributed by atoms with Crippen molar-refractivity contribution in [1.29, 1.82) is 0 Å². The molecule has 5 nitrogen and oxygen atoms in total. The molecule has 1 heterocycles. The minimum Gasteiger partial charge on any atom is -0.468 e. The summed E-state index contributed by atoms with van der Waals surface area (Å²) in [6.45, 7) is 2.83. The first-order chi connectivity index (χ1) is 7.17. The van der Waals surface area contributed by atoms with Gasteiger partial charge in [-0.2, -0.15) is 0 Å². The molecule has 82 valence electrons.